The van der Waals surface area contributed by atoms with Gasteiger partial charge in [0, 0.05) is 29.4 Å². The molecule has 5 nitrogen and oxygen atoms in total. The Morgan fingerprint density at radius 3 is 2.78 bits per heavy atom. The number of hydrogen-bond donors (Lipinski definition) is 3. The van der Waals surface area contributed by atoms with Crippen LogP contribution in [0.25, 0.3) is 0 Å². The van der Waals surface area contributed by atoms with E-state index in [0.29, 0.717) is 18.4 Å². The number of nitrogens with one attached hydrogen (secondary N) is 2. The van der Waals surface area contributed by atoms with Crippen LogP contribution in [0.1, 0.15) is 50.7 Å². The van der Waals surface area contributed by atoms with Crippen molar-refractivity contribution in [2.45, 2.75) is 58.0 Å². The molecule has 6 heteroatoms. The first kappa shape index (κ1) is 16.7. The molecular weight excluding hydrogens is 310 g/mol. The highest BCUT2D eigenvalue weighted by Crippen LogP contribution is 2.48. The number of amides is 2. The van der Waals surface area contributed by atoms with E-state index in [2.05, 4.69) is 41.8 Å². The second kappa shape index (κ2) is 6.40. The predicted molar refractivity (Wildman–Crippen MR) is 91.4 cm³/mol. The summed E-state index contributed by atoms with van der Waals surface area (Å²) in [4.78, 5) is 16.8. The van der Waals surface area contributed by atoms with Crippen molar-refractivity contribution < 1.29 is 9.90 Å². The first-order valence-electron chi connectivity index (χ1n) is 8.48. The number of hydrogen-bond acceptors (Lipinski definition) is 4. The van der Waals surface area contributed by atoms with E-state index in [1.807, 2.05) is 0 Å². The van der Waals surface area contributed by atoms with Crippen LogP contribution in [0.3, 0.4) is 0 Å². The number of aromatic nitrogens is 1. The fourth-order valence-corrected chi connectivity index (χ4v) is 4.95. The van der Waals surface area contributed by atoms with Gasteiger partial charge in [-0.05, 0) is 31.1 Å². The molecule has 2 bridgehead atoms. The van der Waals surface area contributed by atoms with Crippen LogP contribution in [0.2, 0.25) is 0 Å². The molecule has 3 N–H and O–H groups in total. The number of fused-ring (bicyclic) bond motifs is 2. The number of rotatable bonds is 4. The van der Waals surface area contributed by atoms with Crippen LogP contribution < -0.4 is 10.6 Å². The molecule has 4 unspecified atom stereocenters. The van der Waals surface area contributed by atoms with E-state index in [0.717, 1.165) is 17.1 Å². The van der Waals surface area contributed by atoms with Crippen LogP contribution in [0.15, 0.2) is 5.38 Å². The van der Waals surface area contributed by atoms with E-state index in [9.17, 15) is 9.90 Å². The third-order valence-electron chi connectivity index (χ3n) is 5.32. The molecule has 1 aromatic rings. The molecule has 128 valence electrons. The molecule has 3 rings (SSSR count). The number of carbonyl (C=O) groups is 1. The third-order valence-corrected chi connectivity index (χ3v) is 6.17. The van der Waals surface area contributed by atoms with Gasteiger partial charge in [0.15, 0.2) is 0 Å². The van der Waals surface area contributed by atoms with E-state index in [1.54, 1.807) is 11.3 Å². The fourth-order valence-electron chi connectivity index (χ4n) is 3.99. The standard InChI is InChI=1S/C17H27N3O2S/c1-17(2,3)13-9-23-14(19-13)7-18-16(22)20-15-11-5-4-10(6-11)12(15)8-21/h9-12,15,21H,4-8H2,1-3H3,(H2,18,20,22). The highest BCUT2D eigenvalue weighted by Gasteiger charge is 2.47. The summed E-state index contributed by atoms with van der Waals surface area (Å²) >= 11 is 1.58. The maximum Gasteiger partial charge on any atom is 0.315 e. The normalized spacial score (nSPS) is 29.7. The lowest BCUT2D eigenvalue weighted by molar-refractivity contribution is 0.144. The van der Waals surface area contributed by atoms with E-state index < -0.39 is 0 Å². The average molecular weight is 337 g/mol. The monoisotopic (exact) mass is 337 g/mol. The van der Waals surface area contributed by atoms with Crippen LogP contribution in [0.4, 0.5) is 4.79 Å². The second-order valence-electron chi connectivity index (χ2n) is 7.91. The van der Waals surface area contributed by atoms with Crippen LogP contribution in [0, 0.1) is 17.8 Å². The van der Waals surface area contributed by atoms with E-state index in [4.69, 9.17) is 0 Å². The Morgan fingerprint density at radius 2 is 2.13 bits per heavy atom. The molecule has 2 saturated carbocycles. The van der Waals surface area contributed by atoms with Crippen molar-refractivity contribution in [3.8, 4) is 0 Å². The number of thiazole rings is 1. The smallest absolute Gasteiger partial charge is 0.315 e. The Kier molecular flexibility index (Phi) is 4.65. The van der Waals surface area contributed by atoms with Gasteiger partial charge in [-0.1, -0.05) is 20.8 Å². The zero-order chi connectivity index (χ0) is 16.6. The van der Waals surface area contributed by atoms with Crippen LogP contribution in [0.5, 0.6) is 0 Å². The van der Waals surface area contributed by atoms with E-state index in [-0.39, 0.29) is 30.0 Å². The van der Waals surface area contributed by atoms with Crippen molar-refractivity contribution in [2.75, 3.05) is 6.61 Å². The minimum atomic E-state index is -0.145. The van der Waals surface area contributed by atoms with Gasteiger partial charge < -0.3 is 15.7 Å². The summed E-state index contributed by atoms with van der Waals surface area (Å²) in [6, 6.07) is -0.0197. The summed E-state index contributed by atoms with van der Waals surface area (Å²) in [6.45, 7) is 7.03. The number of aliphatic hydroxyl groups excluding tert-OH is 1. The molecular formula is C17H27N3O2S. The maximum absolute atomic E-state index is 12.2. The number of carbonyl (C=O) groups excluding carboxylic acids is 1. The molecule has 2 fully saturated rings. The Labute approximate surface area is 141 Å². The largest absolute Gasteiger partial charge is 0.396 e. The molecule has 1 aromatic heterocycles. The summed E-state index contributed by atoms with van der Waals surface area (Å²) in [7, 11) is 0. The molecule has 2 aliphatic rings. The number of nitrogens with zero attached hydrogens (tertiary/aromatic N) is 1. The van der Waals surface area contributed by atoms with Crippen LogP contribution in [-0.2, 0) is 12.0 Å². The minimum Gasteiger partial charge on any atom is -0.396 e. The Morgan fingerprint density at radius 1 is 1.39 bits per heavy atom. The molecule has 0 spiro atoms. The van der Waals surface area contributed by atoms with Crippen molar-refractivity contribution in [2.24, 2.45) is 17.8 Å². The van der Waals surface area contributed by atoms with Gasteiger partial charge in [-0.2, -0.15) is 0 Å². The Balaban J connectivity index is 1.51. The lowest BCUT2D eigenvalue weighted by Gasteiger charge is -2.30. The molecule has 2 aliphatic carbocycles. The second-order valence-corrected chi connectivity index (χ2v) is 8.85. The highest BCUT2D eigenvalue weighted by atomic mass is 32.1. The summed E-state index contributed by atoms with van der Waals surface area (Å²) < 4.78 is 0. The van der Waals surface area contributed by atoms with Gasteiger partial charge in [0.2, 0.25) is 0 Å². The zero-order valence-corrected chi connectivity index (χ0v) is 14.9. The topological polar surface area (TPSA) is 74.2 Å². The van der Waals surface area contributed by atoms with Crippen LogP contribution in [-0.4, -0.2) is 28.8 Å². The Bertz CT molecular complexity index is 566. The van der Waals surface area contributed by atoms with Gasteiger partial charge in [0.25, 0.3) is 0 Å². The fraction of sp³-hybridized carbons (Fsp3) is 0.765. The van der Waals surface area contributed by atoms with E-state index >= 15 is 0 Å². The number of aliphatic hydroxyl groups is 1. The zero-order valence-electron chi connectivity index (χ0n) is 14.1. The lowest BCUT2D eigenvalue weighted by atomic mass is 9.85. The van der Waals surface area contributed by atoms with Crippen molar-refractivity contribution in [1.29, 1.82) is 0 Å². The van der Waals surface area contributed by atoms with Gasteiger partial charge in [-0.15, -0.1) is 11.3 Å². The van der Waals surface area contributed by atoms with Gasteiger partial charge in [-0.25, -0.2) is 9.78 Å². The first-order chi connectivity index (χ1) is 10.9. The molecule has 2 amide bonds. The Hall–Kier alpha value is -1.14. The molecule has 23 heavy (non-hydrogen) atoms. The molecule has 0 aliphatic heterocycles. The van der Waals surface area contributed by atoms with E-state index in [1.165, 1.54) is 12.8 Å². The summed E-state index contributed by atoms with van der Waals surface area (Å²) in [6.07, 6.45) is 3.52. The predicted octanol–water partition coefficient (Wildman–Crippen LogP) is 2.65. The summed E-state index contributed by atoms with van der Waals surface area (Å²) in [5.41, 5.74) is 1.10. The third kappa shape index (κ3) is 3.53. The van der Waals surface area contributed by atoms with Gasteiger partial charge in [0.05, 0.1) is 12.2 Å². The molecule has 0 radical (unpaired) electrons. The molecule has 1 heterocycles. The minimum absolute atomic E-state index is 0.0362. The lowest BCUT2D eigenvalue weighted by Crippen LogP contribution is -2.48. The average Bonchev–Trinajstić information content (AvgIpc) is 3.19. The summed E-state index contributed by atoms with van der Waals surface area (Å²) in [5.74, 6) is 1.35. The molecule has 0 aromatic carbocycles. The van der Waals surface area contributed by atoms with Crippen molar-refractivity contribution in [3.05, 3.63) is 16.1 Å². The van der Waals surface area contributed by atoms with Crippen molar-refractivity contribution in [1.82, 2.24) is 15.6 Å². The maximum atomic E-state index is 12.2. The van der Waals surface area contributed by atoms with Gasteiger partial charge >= 0.3 is 6.03 Å². The van der Waals surface area contributed by atoms with Crippen molar-refractivity contribution >= 4 is 17.4 Å². The highest BCUT2D eigenvalue weighted by molar-refractivity contribution is 7.09. The number of urea groups is 1. The first-order valence-corrected chi connectivity index (χ1v) is 9.36. The van der Waals surface area contributed by atoms with Crippen LogP contribution >= 0.6 is 11.3 Å². The molecule has 0 saturated heterocycles. The van der Waals surface area contributed by atoms with Gasteiger partial charge in [0.1, 0.15) is 5.01 Å². The summed E-state index contributed by atoms with van der Waals surface area (Å²) in [5, 5.41) is 18.6. The van der Waals surface area contributed by atoms with Gasteiger partial charge in [-0.3, -0.25) is 0 Å². The quantitative estimate of drug-likeness (QED) is 0.791. The molecule has 4 atom stereocenters. The SMILES string of the molecule is CC(C)(C)c1csc(CNC(=O)NC2C3CCC(C3)C2CO)n1. The van der Waals surface area contributed by atoms with Crippen molar-refractivity contribution in [3.63, 3.8) is 0 Å².